The molecule has 1 aromatic carbocycles. The molecule has 0 atom stereocenters. The van der Waals surface area contributed by atoms with Crippen LogP contribution in [0.15, 0.2) is 24.3 Å². The van der Waals surface area contributed by atoms with E-state index in [2.05, 4.69) is 29.6 Å². The van der Waals surface area contributed by atoms with Crippen molar-refractivity contribution in [3.63, 3.8) is 0 Å². The van der Waals surface area contributed by atoms with Gasteiger partial charge in [0.15, 0.2) is 0 Å². The Kier molecular flexibility index (Phi) is 5.02. The summed E-state index contributed by atoms with van der Waals surface area (Å²) < 4.78 is 5.32. The highest BCUT2D eigenvalue weighted by Gasteiger charge is 2.25. The highest BCUT2D eigenvalue weighted by molar-refractivity contribution is 5.33. The van der Waals surface area contributed by atoms with Gasteiger partial charge in [0.2, 0.25) is 0 Å². The second kappa shape index (κ2) is 6.77. The maximum atomic E-state index is 5.32. The molecule has 0 bridgehead atoms. The van der Waals surface area contributed by atoms with Gasteiger partial charge in [0.25, 0.3) is 0 Å². The highest BCUT2D eigenvalue weighted by atomic mass is 16.5. The summed E-state index contributed by atoms with van der Waals surface area (Å²) in [5, 5.41) is 3.50. The monoisotopic (exact) mass is 233 g/mol. The van der Waals surface area contributed by atoms with Gasteiger partial charge in [-0.25, -0.2) is 0 Å². The van der Waals surface area contributed by atoms with Gasteiger partial charge in [-0.2, -0.15) is 0 Å². The predicted octanol–water partition coefficient (Wildman–Crippen LogP) is 3.08. The first kappa shape index (κ1) is 12.6. The summed E-state index contributed by atoms with van der Waals surface area (Å²) in [6.07, 6.45) is 3.85. The Bertz CT molecular complexity index is 333. The molecule has 0 unspecified atom stereocenters. The van der Waals surface area contributed by atoms with Crippen LogP contribution in [0.3, 0.4) is 0 Å². The number of rotatable bonds is 8. The van der Waals surface area contributed by atoms with Crippen LogP contribution in [0.5, 0.6) is 0 Å². The molecule has 0 amide bonds. The Morgan fingerprint density at radius 3 is 2.88 bits per heavy atom. The van der Waals surface area contributed by atoms with E-state index in [0.717, 1.165) is 38.6 Å². The third kappa shape index (κ3) is 4.14. The molecule has 0 heterocycles. The van der Waals surface area contributed by atoms with Crippen molar-refractivity contribution in [2.75, 3.05) is 19.8 Å². The Labute approximate surface area is 104 Å². The molecular formula is C15H23NO. The standard InChI is InChI=1S/C15H23NO/c1-2-17-11-5-10-16-12-14-6-3-4-7-15(14)13-8-9-13/h3-4,6-7,13,16H,2,5,8-12H2,1H3. The molecule has 1 saturated carbocycles. The lowest BCUT2D eigenvalue weighted by atomic mass is 10.0. The van der Waals surface area contributed by atoms with E-state index in [1.807, 2.05) is 6.92 Å². The Morgan fingerprint density at radius 2 is 2.12 bits per heavy atom. The van der Waals surface area contributed by atoms with Crippen LogP contribution in [0.25, 0.3) is 0 Å². The second-order valence-electron chi connectivity index (χ2n) is 4.70. The van der Waals surface area contributed by atoms with Gasteiger partial charge in [0.05, 0.1) is 0 Å². The maximum absolute atomic E-state index is 5.32. The first-order valence-electron chi connectivity index (χ1n) is 6.78. The molecule has 2 rings (SSSR count). The SMILES string of the molecule is CCOCCCNCc1ccccc1C1CC1. The fourth-order valence-electron chi connectivity index (χ4n) is 2.15. The van der Waals surface area contributed by atoms with E-state index >= 15 is 0 Å². The van der Waals surface area contributed by atoms with Crippen molar-refractivity contribution in [1.29, 1.82) is 0 Å². The van der Waals surface area contributed by atoms with Crippen molar-refractivity contribution >= 4 is 0 Å². The number of benzene rings is 1. The number of hydrogen-bond acceptors (Lipinski definition) is 2. The molecule has 0 spiro atoms. The van der Waals surface area contributed by atoms with Gasteiger partial charge < -0.3 is 10.1 Å². The summed E-state index contributed by atoms with van der Waals surface area (Å²) in [6.45, 7) is 5.77. The average molecular weight is 233 g/mol. The molecule has 0 aromatic heterocycles. The molecule has 1 aromatic rings. The van der Waals surface area contributed by atoms with Gasteiger partial charge >= 0.3 is 0 Å². The third-order valence-corrected chi connectivity index (χ3v) is 3.23. The van der Waals surface area contributed by atoms with Crippen LogP contribution in [0, 0.1) is 0 Å². The number of hydrogen-bond donors (Lipinski definition) is 1. The van der Waals surface area contributed by atoms with E-state index in [1.165, 1.54) is 18.4 Å². The van der Waals surface area contributed by atoms with Gasteiger partial charge in [-0.05, 0) is 49.8 Å². The summed E-state index contributed by atoms with van der Waals surface area (Å²) >= 11 is 0. The van der Waals surface area contributed by atoms with Gasteiger partial charge in [-0.3, -0.25) is 0 Å². The lowest BCUT2D eigenvalue weighted by molar-refractivity contribution is 0.144. The molecule has 0 aliphatic heterocycles. The Morgan fingerprint density at radius 1 is 1.29 bits per heavy atom. The predicted molar refractivity (Wildman–Crippen MR) is 71.2 cm³/mol. The Balaban J connectivity index is 1.71. The zero-order valence-electron chi connectivity index (χ0n) is 10.7. The molecule has 1 N–H and O–H groups in total. The Hall–Kier alpha value is -0.860. The summed E-state index contributed by atoms with van der Waals surface area (Å²) in [5.74, 6) is 0.844. The van der Waals surface area contributed by atoms with Crippen LogP contribution in [-0.4, -0.2) is 19.8 Å². The van der Waals surface area contributed by atoms with E-state index in [9.17, 15) is 0 Å². The quantitative estimate of drug-likeness (QED) is 0.697. The van der Waals surface area contributed by atoms with Gasteiger partial charge in [0.1, 0.15) is 0 Å². The fraction of sp³-hybridized carbons (Fsp3) is 0.600. The van der Waals surface area contributed by atoms with Crippen LogP contribution in [-0.2, 0) is 11.3 Å². The summed E-state index contributed by atoms with van der Waals surface area (Å²) in [6, 6.07) is 8.84. The minimum atomic E-state index is 0.824. The molecule has 0 radical (unpaired) electrons. The van der Waals surface area contributed by atoms with E-state index in [-0.39, 0.29) is 0 Å². The van der Waals surface area contributed by atoms with Crippen molar-refractivity contribution in [1.82, 2.24) is 5.32 Å². The summed E-state index contributed by atoms with van der Waals surface area (Å²) in [4.78, 5) is 0. The van der Waals surface area contributed by atoms with E-state index < -0.39 is 0 Å². The third-order valence-electron chi connectivity index (χ3n) is 3.23. The van der Waals surface area contributed by atoms with Gasteiger partial charge in [0, 0.05) is 19.8 Å². The molecular weight excluding hydrogens is 210 g/mol. The van der Waals surface area contributed by atoms with Crippen molar-refractivity contribution in [2.45, 2.75) is 38.6 Å². The molecule has 2 heteroatoms. The normalized spacial score (nSPS) is 15.1. The first-order chi connectivity index (χ1) is 8.42. The number of nitrogens with one attached hydrogen (secondary N) is 1. The zero-order valence-corrected chi connectivity index (χ0v) is 10.7. The van der Waals surface area contributed by atoms with Crippen LogP contribution < -0.4 is 5.32 Å². The molecule has 1 aliphatic rings. The highest BCUT2D eigenvalue weighted by Crippen LogP contribution is 2.41. The van der Waals surface area contributed by atoms with E-state index in [0.29, 0.717) is 0 Å². The fourth-order valence-corrected chi connectivity index (χ4v) is 2.15. The van der Waals surface area contributed by atoms with Crippen LogP contribution in [0.4, 0.5) is 0 Å². The maximum Gasteiger partial charge on any atom is 0.0477 e. The average Bonchev–Trinajstić information content (AvgIpc) is 3.18. The second-order valence-corrected chi connectivity index (χ2v) is 4.70. The van der Waals surface area contributed by atoms with Crippen molar-refractivity contribution in [2.24, 2.45) is 0 Å². The van der Waals surface area contributed by atoms with Crippen LogP contribution >= 0.6 is 0 Å². The molecule has 2 nitrogen and oxygen atoms in total. The smallest absolute Gasteiger partial charge is 0.0477 e. The molecule has 1 fully saturated rings. The molecule has 17 heavy (non-hydrogen) atoms. The van der Waals surface area contributed by atoms with E-state index in [4.69, 9.17) is 4.74 Å². The zero-order chi connectivity index (χ0) is 11.9. The minimum Gasteiger partial charge on any atom is -0.382 e. The topological polar surface area (TPSA) is 21.3 Å². The molecule has 0 saturated heterocycles. The van der Waals surface area contributed by atoms with Gasteiger partial charge in [-0.15, -0.1) is 0 Å². The molecule has 94 valence electrons. The van der Waals surface area contributed by atoms with Gasteiger partial charge in [-0.1, -0.05) is 24.3 Å². The minimum absolute atomic E-state index is 0.824. The van der Waals surface area contributed by atoms with E-state index in [1.54, 1.807) is 5.56 Å². The first-order valence-corrected chi connectivity index (χ1v) is 6.78. The van der Waals surface area contributed by atoms with Crippen molar-refractivity contribution < 1.29 is 4.74 Å². The summed E-state index contributed by atoms with van der Waals surface area (Å²) in [5.41, 5.74) is 3.04. The van der Waals surface area contributed by atoms with Crippen molar-refractivity contribution in [3.8, 4) is 0 Å². The van der Waals surface area contributed by atoms with Crippen LogP contribution in [0.1, 0.15) is 43.2 Å². The van der Waals surface area contributed by atoms with Crippen LogP contribution in [0.2, 0.25) is 0 Å². The number of ether oxygens (including phenoxy) is 1. The largest absolute Gasteiger partial charge is 0.382 e. The summed E-state index contributed by atoms with van der Waals surface area (Å²) in [7, 11) is 0. The lowest BCUT2D eigenvalue weighted by Crippen LogP contribution is -2.17. The van der Waals surface area contributed by atoms with Crippen molar-refractivity contribution in [3.05, 3.63) is 35.4 Å². The molecule has 1 aliphatic carbocycles. The lowest BCUT2D eigenvalue weighted by Gasteiger charge is -2.09.